The van der Waals surface area contributed by atoms with Crippen LogP contribution in [0, 0.1) is 18.8 Å². The number of benzene rings is 1. The van der Waals surface area contributed by atoms with Gasteiger partial charge in [-0.15, -0.1) is 0 Å². The maximum Gasteiger partial charge on any atom is 0.165 e. The Morgan fingerprint density at radius 1 is 1.33 bits per heavy atom. The number of Topliss-reactive ketones (excluding diaryl/α,β-unsaturated/α-hetero) is 1. The van der Waals surface area contributed by atoms with Crippen LogP contribution in [0.2, 0.25) is 0 Å². The van der Waals surface area contributed by atoms with Gasteiger partial charge >= 0.3 is 0 Å². The minimum atomic E-state index is 0.195. The van der Waals surface area contributed by atoms with Crippen LogP contribution >= 0.6 is 0 Å². The summed E-state index contributed by atoms with van der Waals surface area (Å²) in [7, 11) is 0. The second kappa shape index (κ2) is 4.18. The van der Waals surface area contributed by atoms with E-state index in [0.717, 1.165) is 17.9 Å². The molecule has 0 aromatic heterocycles. The Morgan fingerprint density at radius 2 is 1.93 bits per heavy atom. The van der Waals surface area contributed by atoms with Gasteiger partial charge in [0.25, 0.3) is 0 Å². The van der Waals surface area contributed by atoms with Gasteiger partial charge in [-0.3, -0.25) is 4.79 Å². The summed E-state index contributed by atoms with van der Waals surface area (Å²) in [6.45, 7) is 4.10. The molecular formula is C14H18O. The summed E-state index contributed by atoms with van der Waals surface area (Å²) in [5.41, 5.74) is 2.08. The second-order valence-electron chi connectivity index (χ2n) is 4.81. The van der Waals surface area contributed by atoms with Crippen LogP contribution in [0.5, 0.6) is 0 Å². The molecule has 2 rings (SSSR count). The molecule has 1 saturated carbocycles. The summed E-state index contributed by atoms with van der Waals surface area (Å²) in [6, 6.07) is 7.91. The number of carbonyl (C=O) groups excluding carboxylic acids is 1. The van der Waals surface area contributed by atoms with E-state index in [1.54, 1.807) is 0 Å². The molecule has 80 valence electrons. The zero-order valence-corrected chi connectivity index (χ0v) is 9.49. The Hall–Kier alpha value is -1.11. The molecule has 1 nitrogen and oxygen atoms in total. The van der Waals surface area contributed by atoms with Gasteiger partial charge in [0.2, 0.25) is 0 Å². The zero-order valence-electron chi connectivity index (χ0n) is 9.49. The van der Waals surface area contributed by atoms with Gasteiger partial charge in [0.05, 0.1) is 0 Å². The first-order chi connectivity index (χ1) is 7.16. The zero-order chi connectivity index (χ0) is 10.8. The van der Waals surface area contributed by atoms with Crippen molar-refractivity contribution in [3.8, 4) is 0 Å². The first-order valence-corrected chi connectivity index (χ1v) is 5.77. The summed E-state index contributed by atoms with van der Waals surface area (Å²) < 4.78 is 0. The molecule has 0 amide bonds. The van der Waals surface area contributed by atoms with Crippen molar-refractivity contribution in [3.63, 3.8) is 0 Å². The maximum atomic E-state index is 12.0. The smallest absolute Gasteiger partial charge is 0.165 e. The van der Waals surface area contributed by atoms with Gasteiger partial charge in [-0.1, -0.05) is 49.6 Å². The standard InChI is InChI=1S/C14H18O/c1-10-3-7-13(8-4-10)14(15)11(2)9-12-5-6-12/h3-4,7-8,11-12H,5-6,9H2,1-2H3. The molecular weight excluding hydrogens is 184 g/mol. The summed E-state index contributed by atoms with van der Waals surface area (Å²) in [5.74, 6) is 1.33. The van der Waals surface area contributed by atoms with Crippen LogP contribution in [0.3, 0.4) is 0 Å². The molecule has 1 aromatic carbocycles. The number of carbonyl (C=O) groups is 1. The summed E-state index contributed by atoms with van der Waals surface area (Å²) in [6.07, 6.45) is 3.73. The predicted octanol–water partition coefficient (Wildman–Crippen LogP) is 3.61. The molecule has 0 spiro atoms. The third kappa shape index (κ3) is 2.68. The Bertz CT molecular complexity index is 346. The Balaban J connectivity index is 2.02. The van der Waals surface area contributed by atoms with E-state index in [2.05, 4.69) is 6.92 Å². The highest BCUT2D eigenvalue weighted by atomic mass is 16.1. The van der Waals surface area contributed by atoms with Crippen molar-refractivity contribution >= 4 is 5.78 Å². The van der Waals surface area contributed by atoms with Crippen LogP contribution < -0.4 is 0 Å². The van der Waals surface area contributed by atoms with Crippen molar-refractivity contribution in [1.82, 2.24) is 0 Å². The van der Waals surface area contributed by atoms with E-state index in [0.29, 0.717) is 5.78 Å². The Morgan fingerprint density at radius 3 is 2.47 bits per heavy atom. The molecule has 1 aliphatic carbocycles. The first kappa shape index (κ1) is 10.4. The van der Waals surface area contributed by atoms with E-state index in [-0.39, 0.29) is 5.92 Å². The van der Waals surface area contributed by atoms with Crippen molar-refractivity contribution in [1.29, 1.82) is 0 Å². The SMILES string of the molecule is Cc1ccc(C(=O)C(C)CC2CC2)cc1. The molecule has 0 aliphatic heterocycles. The lowest BCUT2D eigenvalue weighted by Crippen LogP contribution is -2.11. The number of hydrogen-bond acceptors (Lipinski definition) is 1. The van der Waals surface area contributed by atoms with Gasteiger partial charge in [-0.05, 0) is 19.3 Å². The van der Waals surface area contributed by atoms with E-state index in [1.807, 2.05) is 31.2 Å². The molecule has 1 fully saturated rings. The van der Waals surface area contributed by atoms with Crippen LogP contribution in [0.15, 0.2) is 24.3 Å². The number of rotatable bonds is 4. The van der Waals surface area contributed by atoms with Crippen LogP contribution in [-0.4, -0.2) is 5.78 Å². The predicted molar refractivity (Wildman–Crippen MR) is 62.0 cm³/mol. The number of aryl methyl sites for hydroxylation is 1. The summed E-state index contributed by atoms with van der Waals surface area (Å²) in [4.78, 5) is 12.0. The van der Waals surface area contributed by atoms with Crippen molar-refractivity contribution in [2.75, 3.05) is 0 Å². The van der Waals surface area contributed by atoms with Gasteiger partial charge in [0, 0.05) is 11.5 Å². The third-order valence-corrected chi connectivity index (χ3v) is 3.17. The highest BCUT2D eigenvalue weighted by Crippen LogP contribution is 2.35. The van der Waals surface area contributed by atoms with E-state index in [4.69, 9.17) is 0 Å². The molecule has 1 aliphatic rings. The average Bonchev–Trinajstić information content (AvgIpc) is 3.02. The quantitative estimate of drug-likeness (QED) is 0.682. The lowest BCUT2D eigenvalue weighted by atomic mass is 9.94. The fourth-order valence-corrected chi connectivity index (χ4v) is 1.96. The largest absolute Gasteiger partial charge is 0.294 e. The first-order valence-electron chi connectivity index (χ1n) is 5.77. The minimum Gasteiger partial charge on any atom is -0.294 e. The monoisotopic (exact) mass is 202 g/mol. The van der Waals surface area contributed by atoms with Crippen LogP contribution in [-0.2, 0) is 0 Å². The number of hydrogen-bond donors (Lipinski definition) is 0. The molecule has 0 saturated heterocycles. The molecule has 0 N–H and O–H groups in total. The number of ketones is 1. The van der Waals surface area contributed by atoms with Crippen molar-refractivity contribution in [2.24, 2.45) is 11.8 Å². The third-order valence-electron chi connectivity index (χ3n) is 3.17. The molecule has 15 heavy (non-hydrogen) atoms. The second-order valence-corrected chi connectivity index (χ2v) is 4.81. The molecule has 1 atom stereocenters. The highest BCUT2D eigenvalue weighted by molar-refractivity contribution is 5.97. The van der Waals surface area contributed by atoms with Gasteiger partial charge in [0.1, 0.15) is 0 Å². The Labute approximate surface area is 91.5 Å². The van der Waals surface area contributed by atoms with Crippen LogP contribution in [0.1, 0.15) is 42.1 Å². The molecule has 0 radical (unpaired) electrons. The van der Waals surface area contributed by atoms with Gasteiger partial charge in [-0.2, -0.15) is 0 Å². The lowest BCUT2D eigenvalue weighted by Gasteiger charge is -2.09. The Kier molecular flexibility index (Phi) is 2.90. The molecule has 0 heterocycles. The van der Waals surface area contributed by atoms with Gasteiger partial charge < -0.3 is 0 Å². The van der Waals surface area contributed by atoms with E-state index < -0.39 is 0 Å². The summed E-state index contributed by atoms with van der Waals surface area (Å²) >= 11 is 0. The van der Waals surface area contributed by atoms with Gasteiger partial charge in [-0.25, -0.2) is 0 Å². The van der Waals surface area contributed by atoms with Gasteiger partial charge in [0.15, 0.2) is 5.78 Å². The van der Waals surface area contributed by atoms with Crippen LogP contribution in [0.4, 0.5) is 0 Å². The van der Waals surface area contributed by atoms with Crippen molar-refractivity contribution < 1.29 is 4.79 Å². The highest BCUT2D eigenvalue weighted by Gasteiger charge is 2.26. The fourth-order valence-electron chi connectivity index (χ4n) is 1.96. The topological polar surface area (TPSA) is 17.1 Å². The van der Waals surface area contributed by atoms with E-state index >= 15 is 0 Å². The minimum absolute atomic E-state index is 0.195. The van der Waals surface area contributed by atoms with Crippen molar-refractivity contribution in [3.05, 3.63) is 35.4 Å². The van der Waals surface area contributed by atoms with Crippen LogP contribution in [0.25, 0.3) is 0 Å². The van der Waals surface area contributed by atoms with Crippen molar-refractivity contribution in [2.45, 2.75) is 33.1 Å². The molecule has 1 heteroatoms. The molecule has 1 unspecified atom stereocenters. The maximum absolute atomic E-state index is 12.0. The fraction of sp³-hybridized carbons (Fsp3) is 0.500. The van der Waals surface area contributed by atoms with E-state index in [9.17, 15) is 4.79 Å². The molecule has 0 bridgehead atoms. The van der Waals surface area contributed by atoms with E-state index in [1.165, 1.54) is 18.4 Å². The summed E-state index contributed by atoms with van der Waals surface area (Å²) in [5, 5.41) is 0. The molecule has 1 aromatic rings. The normalized spacial score (nSPS) is 17.5. The lowest BCUT2D eigenvalue weighted by molar-refractivity contribution is 0.0920. The average molecular weight is 202 g/mol.